The van der Waals surface area contributed by atoms with E-state index >= 15 is 0 Å². The van der Waals surface area contributed by atoms with Crippen LogP contribution in [0.25, 0.3) is 0 Å². The Morgan fingerprint density at radius 2 is 2.05 bits per heavy atom. The molecule has 0 spiro atoms. The van der Waals surface area contributed by atoms with Crippen molar-refractivity contribution in [2.24, 2.45) is 0 Å². The number of aromatic nitrogens is 3. The molecule has 0 bridgehead atoms. The molecule has 0 aliphatic rings. The zero-order chi connectivity index (χ0) is 16.2. The fraction of sp³-hybridized carbons (Fsp3) is 0.333. The highest BCUT2D eigenvalue weighted by Gasteiger charge is 2.08. The molecule has 116 valence electrons. The van der Waals surface area contributed by atoms with E-state index < -0.39 is 14.6 Å². The first-order valence-corrected chi connectivity index (χ1v) is 10.4. The van der Waals surface area contributed by atoms with Gasteiger partial charge in [0.2, 0.25) is 0 Å². The lowest BCUT2D eigenvalue weighted by Gasteiger charge is -2.04. The van der Waals surface area contributed by atoms with Gasteiger partial charge in [-0.2, -0.15) is 13.9 Å². The third-order valence-electron chi connectivity index (χ3n) is 2.68. The van der Waals surface area contributed by atoms with Crippen molar-refractivity contribution >= 4 is 13.8 Å². The van der Waals surface area contributed by atoms with E-state index in [9.17, 15) is 8.78 Å². The summed E-state index contributed by atoms with van der Waals surface area (Å²) in [6.45, 7) is 4.37. The number of halogens is 2. The van der Waals surface area contributed by atoms with Crippen LogP contribution in [0.3, 0.4) is 0 Å². The highest BCUT2D eigenvalue weighted by atomic mass is 28.3. The molecule has 0 atom stereocenters. The number of pyridine rings is 1. The summed E-state index contributed by atoms with van der Waals surface area (Å²) in [6.07, 6.45) is 4.35. The maximum absolute atomic E-state index is 12.4. The maximum atomic E-state index is 12.4. The summed E-state index contributed by atoms with van der Waals surface area (Å²) in [5, 5.41) is 6.56. The lowest BCUT2D eigenvalue weighted by molar-refractivity contribution is 0.0566. The molecule has 7 heteroatoms. The van der Waals surface area contributed by atoms with Crippen LogP contribution in [-0.2, 0) is 6.54 Å². The molecule has 0 aliphatic heterocycles. The predicted molar refractivity (Wildman–Crippen MR) is 85.3 cm³/mol. The minimum absolute atomic E-state index is 0.441. The quantitative estimate of drug-likeness (QED) is 0.692. The first-order valence-electron chi connectivity index (χ1n) is 6.88. The Bertz CT molecular complexity index is 678. The van der Waals surface area contributed by atoms with Crippen molar-refractivity contribution in [1.29, 1.82) is 0 Å². The van der Waals surface area contributed by atoms with Gasteiger partial charge in [-0.15, -0.1) is 5.54 Å². The topological polar surface area (TPSA) is 42.7 Å². The second kappa shape index (κ2) is 6.71. The van der Waals surface area contributed by atoms with E-state index in [1.165, 1.54) is 12.4 Å². The molecule has 1 N–H and O–H groups in total. The van der Waals surface area contributed by atoms with Gasteiger partial charge in [0, 0.05) is 11.8 Å². The molecule has 0 fully saturated rings. The van der Waals surface area contributed by atoms with Crippen LogP contribution >= 0.6 is 0 Å². The van der Waals surface area contributed by atoms with E-state index in [1.54, 1.807) is 6.20 Å². The second-order valence-corrected chi connectivity index (χ2v) is 10.6. The highest BCUT2D eigenvalue weighted by Crippen LogP contribution is 2.13. The van der Waals surface area contributed by atoms with Crippen LogP contribution < -0.4 is 5.32 Å². The summed E-state index contributed by atoms with van der Waals surface area (Å²) in [5.74, 6) is 3.13. The molecule has 0 saturated heterocycles. The molecule has 2 heterocycles. The summed E-state index contributed by atoms with van der Waals surface area (Å²) in [6, 6.07) is 3.79. The smallest absolute Gasteiger partial charge is 0.333 e. The summed E-state index contributed by atoms with van der Waals surface area (Å²) in [4.78, 5) is 4.31. The number of hydrogen-bond donors (Lipinski definition) is 1. The number of alkyl halides is 2. The number of nitrogens with zero attached hydrogens (tertiary/aromatic N) is 3. The zero-order valence-corrected chi connectivity index (χ0v) is 13.8. The van der Waals surface area contributed by atoms with Crippen molar-refractivity contribution in [2.45, 2.75) is 32.7 Å². The van der Waals surface area contributed by atoms with Crippen molar-refractivity contribution in [3.63, 3.8) is 0 Å². The molecule has 0 saturated carbocycles. The van der Waals surface area contributed by atoms with Gasteiger partial charge < -0.3 is 5.32 Å². The van der Waals surface area contributed by atoms with E-state index in [0.717, 1.165) is 11.3 Å². The standard InChI is InChI=1S/C15H18F2N4Si/c1-22(2,3)7-6-12-4-5-13(18-8-12)9-19-14-10-20-21(11-14)15(16)17/h4-5,8,10-11,15,19H,9H2,1-3H3. The monoisotopic (exact) mass is 320 g/mol. The van der Waals surface area contributed by atoms with Crippen LogP contribution in [-0.4, -0.2) is 22.8 Å². The second-order valence-electron chi connectivity index (χ2n) is 5.88. The van der Waals surface area contributed by atoms with Crippen LogP contribution in [0, 0.1) is 11.5 Å². The molecule has 4 nitrogen and oxygen atoms in total. The fourth-order valence-corrected chi connectivity index (χ4v) is 2.11. The molecule has 2 aromatic rings. The Labute approximate surface area is 129 Å². The molecule has 0 aliphatic carbocycles. The van der Waals surface area contributed by atoms with Gasteiger partial charge in [0.1, 0.15) is 8.07 Å². The molecule has 0 amide bonds. The lowest BCUT2D eigenvalue weighted by atomic mass is 10.2. The van der Waals surface area contributed by atoms with Crippen LogP contribution in [0.15, 0.2) is 30.7 Å². The Morgan fingerprint density at radius 1 is 1.27 bits per heavy atom. The van der Waals surface area contributed by atoms with E-state index in [0.29, 0.717) is 16.9 Å². The molecule has 2 rings (SSSR count). The van der Waals surface area contributed by atoms with Gasteiger partial charge in [0.25, 0.3) is 0 Å². The minimum Gasteiger partial charge on any atom is -0.377 e. The zero-order valence-electron chi connectivity index (χ0n) is 12.8. The molecular weight excluding hydrogens is 302 g/mol. The molecule has 0 aromatic carbocycles. The number of nitrogens with one attached hydrogen (secondary N) is 1. The van der Waals surface area contributed by atoms with Crippen molar-refractivity contribution in [2.75, 3.05) is 5.32 Å². The molecule has 0 radical (unpaired) electrons. The maximum Gasteiger partial charge on any atom is 0.333 e. The van der Waals surface area contributed by atoms with Crippen LogP contribution in [0.4, 0.5) is 14.5 Å². The summed E-state index contributed by atoms with van der Waals surface area (Å²) >= 11 is 0. The Kier molecular flexibility index (Phi) is 4.93. The molecule has 22 heavy (non-hydrogen) atoms. The number of hydrogen-bond acceptors (Lipinski definition) is 3. The van der Waals surface area contributed by atoms with Gasteiger partial charge in [-0.25, -0.2) is 4.68 Å². The summed E-state index contributed by atoms with van der Waals surface area (Å²) in [7, 11) is -1.39. The third kappa shape index (κ3) is 4.97. The van der Waals surface area contributed by atoms with Crippen LogP contribution in [0.1, 0.15) is 17.8 Å². The Hall–Kier alpha value is -2.20. The van der Waals surface area contributed by atoms with Gasteiger partial charge in [0.05, 0.1) is 30.3 Å². The van der Waals surface area contributed by atoms with Crippen molar-refractivity contribution in [3.8, 4) is 11.5 Å². The van der Waals surface area contributed by atoms with Gasteiger partial charge in [0.15, 0.2) is 0 Å². The lowest BCUT2D eigenvalue weighted by Crippen LogP contribution is -2.16. The van der Waals surface area contributed by atoms with E-state index in [1.807, 2.05) is 12.1 Å². The number of rotatable bonds is 4. The van der Waals surface area contributed by atoms with Crippen molar-refractivity contribution in [3.05, 3.63) is 42.0 Å². The molecule has 0 unspecified atom stereocenters. The van der Waals surface area contributed by atoms with Crippen molar-refractivity contribution in [1.82, 2.24) is 14.8 Å². The molecule has 2 aromatic heterocycles. The number of anilines is 1. The fourth-order valence-electron chi connectivity index (χ4n) is 1.59. The largest absolute Gasteiger partial charge is 0.377 e. The van der Waals surface area contributed by atoms with E-state index in [-0.39, 0.29) is 0 Å². The molecular formula is C15H18F2N4Si. The average molecular weight is 320 g/mol. The van der Waals surface area contributed by atoms with Crippen LogP contribution in [0.2, 0.25) is 19.6 Å². The van der Waals surface area contributed by atoms with Gasteiger partial charge in [-0.3, -0.25) is 4.98 Å². The highest BCUT2D eigenvalue weighted by molar-refractivity contribution is 6.83. The predicted octanol–water partition coefficient (Wildman–Crippen LogP) is 3.51. The van der Waals surface area contributed by atoms with Gasteiger partial charge in [-0.1, -0.05) is 25.6 Å². The van der Waals surface area contributed by atoms with E-state index in [2.05, 4.69) is 46.5 Å². The third-order valence-corrected chi connectivity index (χ3v) is 3.56. The van der Waals surface area contributed by atoms with E-state index in [4.69, 9.17) is 0 Å². The van der Waals surface area contributed by atoms with Gasteiger partial charge >= 0.3 is 6.55 Å². The van der Waals surface area contributed by atoms with Crippen molar-refractivity contribution < 1.29 is 8.78 Å². The first kappa shape index (κ1) is 16.2. The average Bonchev–Trinajstić information content (AvgIpc) is 2.92. The summed E-state index contributed by atoms with van der Waals surface area (Å²) in [5.41, 5.74) is 5.51. The normalized spacial score (nSPS) is 11.2. The Balaban J connectivity index is 1.94. The Morgan fingerprint density at radius 3 is 2.59 bits per heavy atom. The SMILES string of the molecule is C[Si](C)(C)C#Cc1ccc(CNc2cnn(C(F)F)c2)nc1. The minimum atomic E-state index is -2.63. The summed E-state index contributed by atoms with van der Waals surface area (Å²) < 4.78 is 25.4. The van der Waals surface area contributed by atoms with Gasteiger partial charge in [-0.05, 0) is 12.1 Å². The first-order chi connectivity index (χ1) is 10.3. The van der Waals surface area contributed by atoms with Crippen LogP contribution in [0.5, 0.6) is 0 Å².